The zero-order chi connectivity index (χ0) is 17.4. The van der Waals surface area contributed by atoms with E-state index in [9.17, 15) is 32.8 Å². The van der Waals surface area contributed by atoms with Gasteiger partial charge in [-0.25, -0.2) is 0 Å². The van der Waals surface area contributed by atoms with Crippen molar-refractivity contribution in [2.45, 2.75) is 70.0 Å². The van der Waals surface area contributed by atoms with Crippen LogP contribution >= 0.6 is 0 Å². The summed E-state index contributed by atoms with van der Waals surface area (Å²) in [5, 5.41) is 18.8. The largest absolute Gasteiger partial charge is 0.481 e. The summed E-state index contributed by atoms with van der Waals surface area (Å²) in [6, 6.07) is 0. The molecule has 0 spiro atoms. The molecular formula is C14H29NO7S. The quantitative estimate of drug-likeness (QED) is 0.306. The van der Waals surface area contributed by atoms with E-state index in [2.05, 4.69) is 0 Å². The van der Waals surface area contributed by atoms with E-state index >= 15 is 0 Å². The van der Waals surface area contributed by atoms with Gasteiger partial charge in [-0.3, -0.25) is 14.1 Å². The van der Waals surface area contributed by atoms with Crippen LogP contribution in [-0.4, -0.2) is 39.9 Å². The molecule has 0 aromatic carbocycles. The van der Waals surface area contributed by atoms with E-state index in [4.69, 9.17) is 0 Å². The molecule has 0 bridgehead atoms. The minimum Gasteiger partial charge on any atom is -0.481 e. The number of carbonyl (C=O) groups is 2. The van der Waals surface area contributed by atoms with E-state index in [1.54, 1.807) is 0 Å². The molecule has 0 radical (unpaired) electrons. The number of rotatable bonds is 12. The van der Waals surface area contributed by atoms with Gasteiger partial charge in [0.1, 0.15) is 0 Å². The van der Waals surface area contributed by atoms with Gasteiger partial charge in [-0.15, -0.1) is 0 Å². The highest BCUT2D eigenvalue weighted by Gasteiger charge is 2.58. The summed E-state index contributed by atoms with van der Waals surface area (Å²) >= 11 is 0. The number of hydrogen-bond acceptors (Lipinski definition) is 5. The second-order valence-corrected chi connectivity index (χ2v) is 7.19. The monoisotopic (exact) mass is 355 g/mol. The first-order chi connectivity index (χ1) is 10.1. The zero-order valence-corrected chi connectivity index (χ0v) is 14.6. The molecule has 0 aliphatic rings. The van der Waals surface area contributed by atoms with Crippen LogP contribution in [0.15, 0.2) is 0 Å². The Labute approximate surface area is 137 Å². The third kappa shape index (κ3) is 6.08. The van der Waals surface area contributed by atoms with Crippen molar-refractivity contribution in [3.63, 3.8) is 0 Å². The van der Waals surface area contributed by atoms with Crippen LogP contribution in [0, 0.1) is 5.92 Å². The molecule has 2 unspecified atom stereocenters. The SMILES string of the molecule is CCCCCC(C(=O)O)C(CCCCC)(C(=O)O)S(=O)(=O)O.N. The van der Waals surface area contributed by atoms with Crippen LogP contribution in [0.3, 0.4) is 0 Å². The lowest BCUT2D eigenvalue weighted by Crippen LogP contribution is -2.55. The molecule has 8 nitrogen and oxygen atoms in total. The summed E-state index contributed by atoms with van der Waals surface area (Å²) in [6.07, 6.45) is 2.85. The third-order valence-electron chi connectivity index (χ3n) is 3.93. The van der Waals surface area contributed by atoms with Crippen LogP contribution in [-0.2, 0) is 19.7 Å². The lowest BCUT2D eigenvalue weighted by atomic mass is 9.83. The van der Waals surface area contributed by atoms with E-state index in [0.717, 1.165) is 12.8 Å². The highest BCUT2D eigenvalue weighted by atomic mass is 32.2. The smallest absolute Gasteiger partial charge is 0.328 e. The molecule has 6 N–H and O–H groups in total. The average molecular weight is 355 g/mol. The van der Waals surface area contributed by atoms with Gasteiger partial charge in [0.2, 0.25) is 4.75 Å². The molecule has 0 aromatic rings. The lowest BCUT2D eigenvalue weighted by molar-refractivity contribution is -0.152. The van der Waals surface area contributed by atoms with E-state index < -0.39 is 39.1 Å². The van der Waals surface area contributed by atoms with Crippen LogP contribution in [0.2, 0.25) is 0 Å². The van der Waals surface area contributed by atoms with Crippen molar-refractivity contribution in [1.82, 2.24) is 6.15 Å². The fourth-order valence-corrected chi connectivity index (χ4v) is 3.84. The summed E-state index contributed by atoms with van der Waals surface area (Å²) in [7, 11) is -5.07. The second kappa shape index (κ2) is 10.6. The van der Waals surface area contributed by atoms with Crippen LogP contribution < -0.4 is 6.15 Å². The molecule has 0 saturated carbocycles. The average Bonchev–Trinajstić information content (AvgIpc) is 2.38. The Balaban J connectivity index is 0. The van der Waals surface area contributed by atoms with Crippen molar-refractivity contribution >= 4 is 22.1 Å². The van der Waals surface area contributed by atoms with E-state index in [1.165, 1.54) is 0 Å². The van der Waals surface area contributed by atoms with Gasteiger partial charge in [0.15, 0.2) is 0 Å². The number of aliphatic carboxylic acids is 2. The maximum atomic E-state index is 11.8. The Morgan fingerprint density at radius 1 is 1.00 bits per heavy atom. The van der Waals surface area contributed by atoms with Gasteiger partial charge in [-0.1, -0.05) is 52.4 Å². The summed E-state index contributed by atoms with van der Waals surface area (Å²) in [5.41, 5.74) is 0. The maximum absolute atomic E-state index is 11.8. The van der Waals surface area contributed by atoms with Gasteiger partial charge < -0.3 is 16.4 Å². The Morgan fingerprint density at radius 2 is 1.48 bits per heavy atom. The maximum Gasteiger partial charge on any atom is 0.328 e. The van der Waals surface area contributed by atoms with Crippen molar-refractivity contribution in [1.29, 1.82) is 0 Å². The molecule has 0 aliphatic heterocycles. The minimum atomic E-state index is -5.07. The lowest BCUT2D eigenvalue weighted by Gasteiger charge is -2.32. The molecule has 2 atom stereocenters. The van der Waals surface area contributed by atoms with Gasteiger partial charge in [0.25, 0.3) is 10.1 Å². The van der Waals surface area contributed by atoms with E-state index in [-0.39, 0.29) is 19.0 Å². The molecule has 9 heteroatoms. The third-order valence-corrected chi connectivity index (χ3v) is 5.52. The van der Waals surface area contributed by atoms with Crippen LogP contribution in [0.25, 0.3) is 0 Å². The molecule has 23 heavy (non-hydrogen) atoms. The van der Waals surface area contributed by atoms with E-state index in [0.29, 0.717) is 19.3 Å². The molecule has 0 aliphatic carbocycles. The topological polar surface area (TPSA) is 164 Å². The van der Waals surface area contributed by atoms with Crippen molar-refractivity contribution in [2.75, 3.05) is 0 Å². The number of carboxylic acid groups (broad SMARTS) is 2. The predicted molar refractivity (Wildman–Crippen MR) is 86.3 cm³/mol. The van der Waals surface area contributed by atoms with Crippen LogP contribution in [0.1, 0.15) is 65.2 Å². The van der Waals surface area contributed by atoms with Crippen molar-refractivity contribution < 1.29 is 32.8 Å². The molecule has 0 rings (SSSR count). The van der Waals surface area contributed by atoms with Crippen molar-refractivity contribution in [3.8, 4) is 0 Å². The summed E-state index contributed by atoms with van der Waals surface area (Å²) in [4.78, 5) is 23.1. The Morgan fingerprint density at radius 3 is 1.83 bits per heavy atom. The molecule has 0 fully saturated rings. The van der Waals surface area contributed by atoms with Gasteiger partial charge >= 0.3 is 11.9 Å². The summed E-state index contributed by atoms with van der Waals surface area (Å²) in [6.45, 7) is 3.75. The first-order valence-corrected chi connectivity index (χ1v) is 9.02. The molecular weight excluding hydrogens is 326 g/mol. The van der Waals surface area contributed by atoms with Crippen LogP contribution in [0.4, 0.5) is 0 Å². The van der Waals surface area contributed by atoms with E-state index in [1.807, 2.05) is 13.8 Å². The van der Waals surface area contributed by atoms with Gasteiger partial charge in [0, 0.05) is 0 Å². The molecule has 0 aromatic heterocycles. The Hall–Kier alpha value is -1.19. The Bertz CT molecular complexity index is 478. The Kier molecular flexibility index (Phi) is 11.0. The van der Waals surface area contributed by atoms with Gasteiger partial charge in [-0.2, -0.15) is 8.42 Å². The fraction of sp³-hybridized carbons (Fsp3) is 0.857. The molecule has 0 saturated heterocycles. The number of unbranched alkanes of at least 4 members (excludes halogenated alkanes) is 4. The predicted octanol–water partition coefficient (Wildman–Crippen LogP) is 2.72. The molecule has 138 valence electrons. The van der Waals surface area contributed by atoms with Gasteiger partial charge in [0.05, 0.1) is 5.92 Å². The minimum absolute atomic E-state index is 0. The fourth-order valence-electron chi connectivity index (χ4n) is 2.64. The summed E-state index contributed by atoms with van der Waals surface area (Å²) in [5.74, 6) is -4.97. The van der Waals surface area contributed by atoms with Gasteiger partial charge in [-0.05, 0) is 12.8 Å². The standard InChI is InChI=1S/C14H26O7S.H3N/c1-3-5-7-9-11(12(15)16)14(13(17)18,22(19,20)21)10-8-6-4-2;/h11H,3-10H2,1-2H3,(H,15,16)(H,17,18)(H,19,20,21);1H3. The number of carboxylic acids is 2. The molecule has 0 amide bonds. The first kappa shape index (κ1) is 24.1. The molecule has 0 heterocycles. The van der Waals surface area contributed by atoms with Crippen molar-refractivity contribution in [3.05, 3.63) is 0 Å². The van der Waals surface area contributed by atoms with Crippen LogP contribution in [0.5, 0.6) is 0 Å². The second-order valence-electron chi connectivity index (χ2n) is 5.51. The summed E-state index contributed by atoms with van der Waals surface area (Å²) < 4.78 is 30.4. The normalized spacial score (nSPS) is 15.3. The van der Waals surface area contributed by atoms with Crippen molar-refractivity contribution in [2.24, 2.45) is 5.92 Å². The first-order valence-electron chi connectivity index (χ1n) is 7.58. The zero-order valence-electron chi connectivity index (χ0n) is 13.8. The highest BCUT2D eigenvalue weighted by Crippen LogP contribution is 2.36. The number of hydrogen-bond donors (Lipinski definition) is 4. The highest BCUT2D eigenvalue weighted by molar-refractivity contribution is 7.88.